The second-order valence-electron chi connectivity index (χ2n) is 3.82. The Morgan fingerprint density at radius 2 is 2.19 bits per heavy atom. The molecule has 84 valence electrons. The van der Waals surface area contributed by atoms with Crippen molar-refractivity contribution in [3.63, 3.8) is 0 Å². The minimum atomic E-state index is 0.0826. The number of fused-ring (bicyclic) bond motifs is 1. The van der Waals surface area contributed by atoms with Crippen LogP contribution >= 0.6 is 0 Å². The van der Waals surface area contributed by atoms with Crippen molar-refractivity contribution in [3.8, 4) is 5.75 Å². The normalized spacial score (nSPS) is 10.7. The first-order valence-electron chi connectivity index (χ1n) is 5.36. The number of aryl methyl sites for hydroxylation is 1. The summed E-state index contributed by atoms with van der Waals surface area (Å²) in [6, 6.07) is 5.83. The second-order valence-corrected chi connectivity index (χ2v) is 3.82. The van der Waals surface area contributed by atoms with E-state index < -0.39 is 0 Å². The number of hydrogen-bond donors (Lipinski definition) is 0. The van der Waals surface area contributed by atoms with Crippen molar-refractivity contribution in [2.24, 2.45) is 7.05 Å². The van der Waals surface area contributed by atoms with E-state index >= 15 is 0 Å². The van der Waals surface area contributed by atoms with Gasteiger partial charge >= 0.3 is 0 Å². The Bertz CT molecular complexity index is 540. The van der Waals surface area contributed by atoms with Crippen LogP contribution in [-0.4, -0.2) is 17.0 Å². The van der Waals surface area contributed by atoms with Gasteiger partial charge < -0.3 is 9.30 Å². The summed E-state index contributed by atoms with van der Waals surface area (Å²) < 4.78 is 7.40. The molecule has 0 atom stereocenters. The van der Waals surface area contributed by atoms with Crippen LogP contribution in [-0.2, 0) is 7.05 Å². The summed E-state index contributed by atoms with van der Waals surface area (Å²) >= 11 is 0. The number of ketones is 1. The van der Waals surface area contributed by atoms with Crippen molar-refractivity contribution in [1.82, 2.24) is 4.57 Å². The molecule has 3 heteroatoms. The number of benzene rings is 1. The predicted octanol–water partition coefficient (Wildman–Crippen LogP) is 2.78. The molecule has 2 rings (SSSR count). The first kappa shape index (κ1) is 10.7. The molecule has 1 aromatic heterocycles. The van der Waals surface area contributed by atoms with Crippen molar-refractivity contribution >= 4 is 16.7 Å². The summed E-state index contributed by atoms with van der Waals surface area (Å²) in [5.74, 6) is 0.892. The van der Waals surface area contributed by atoms with Gasteiger partial charge in [-0.1, -0.05) is 0 Å². The number of carbonyl (C=O) groups is 1. The number of rotatable bonds is 3. The molecule has 1 aromatic carbocycles. The fraction of sp³-hybridized carbons (Fsp3) is 0.308. The Morgan fingerprint density at radius 1 is 1.44 bits per heavy atom. The Labute approximate surface area is 94.6 Å². The van der Waals surface area contributed by atoms with Gasteiger partial charge in [-0.05, 0) is 32.0 Å². The number of hydrogen-bond acceptors (Lipinski definition) is 2. The van der Waals surface area contributed by atoms with Gasteiger partial charge in [0.05, 0.1) is 6.61 Å². The minimum Gasteiger partial charge on any atom is -0.494 e. The highest BCUT2D eigenvalue weighted by molar-refractivity contribution is 6.07. The maximum Gasteiger partial charge on any atom is 0.161 e. The van der Waals surface area contributed by atoms with Gasteiger partial charge in [0.2, 0.25) is 0 Å². The predicted molar refractivity (Wildman–Crippen MR) is 64.1 cm³/mol. The average molecular weight is 217 g/mol. The Balaban J connectivity index is 2.64. The summed E-state index contributed by atoms with van der Waals surface area (Å²) in [5, 5.41) is 0.959. The smallest absolute Gasteiger partial charge is 0.161 e. The van der Waals surface area contributed by atoms with Crippen LogP contribution in [0.1, 0.15) is 24.2 Å². The standard InChI is InChI=1S/C13H15NO2/c1-4-16-10-5-6-13-11(7-10)12(9(2)15)8-14(13)3/h5-8H,4H2,1-3H3. The van der Waals surface area contributed by atoms with E-state index in [2.05, 4.69) is 0 Å². The third kappa shape index (κ3) is 1.69. The largest absolute Gasteiger partial charge is 0.494 e. The highest BCUT2D eigenvalue weighted by atomic mass is 16.5. The molecule has 0 amide bonds. The van der Waals surface area contributed by atoms with Crippen LogP contribution in [0.5, 0.6) is 5.75 Å². The van der Waals surface area contributed by atoms with Crippen LogP contribution in [0, 0.1) is 0 Å². The van der Waals surface area contributed by atoms with Gasteiger partial charge in [-0.3, -0.25) is 4.79 Å². The lowest BCUT2D eigenvalue weighted by Gasteiger charge is -2.03. The highest BCUT2D eigenvalue weighted by Gasteiger charge is 2.10. The number of nitrogens with zero attached hydrogens (tertiary/aromatic N) is 1. The lowest BCUT2D eigenvalue weighted by Crippen LogP contribution is -1.92. The SMILES string of the molecule is CCOc1ccc2c(c1)c(C(C)=O)cn2C. The van der Waals surface area contributed by atoms with E-state index in [1.807, 2.05) is 42.9 Å². The molecule has 16 heavy (non-hydrogen) atoms. The van der Waals surface area contributed by atoms with Gasteiger partial charge in [0, 0.05) is 29.7 Å². The summed E-state index contributed by atoms with van der Waals surface area (Å²) in [4.78, 5) is 11.5. The van der Waals surface area contributed by atoms with E-state index in [9.17, 15) is 4.79 Å². The van der Waals surface area contributed by atoms with Gasteiger partial charge in [0.15, 0.2) is 5.78 Å². The summed E-state index contributed by atoms with van der Waals surface area (Å²) in [7, 11) is 1.94. The van der Waals surface area contributed by atoms with Crippen LogP contribution in [0.25, 0.3) is 10.9 Å². The van der Waals surface area contributed by atoms with E-state index in [0.717, 1.165) is 22.2 Å². The third-order valence-electron chi connectivity index (χ3n) is 2.65. The number of ether oxygens (including phenoxy) is 1. The van der Waals surface area contributed by atoms with Crippen molar-refractivity contribution in [2.45, 2.75) is 13.8 Å². The molecule has 1 heterocycles. The molecule has 0 aliphatic heterocycles. The van der Waals surface area contributed by atoms with E-state index in [0.29, 0.717) is 6.61 Å². The van der Waals surface area contributed by atoms with Gasteiger partial charge in [-0.15, -0.1) is 0 Å². The molecule has 0 radical (unpaired) electrons. The Morgan fingerprint density at radius 3 is 2.81 bits per heavy atom. The fourth-order valence-electron chi connectivity index (χ4n) is 1.91. The van der Waals surface area contributed by atoms with Crippen molar-refractivity contribution in [2.75, 3.05) is 6.61 Å². The molecule has 2 aromatic rings. The van der Waals surface area contributed by atoms with E-state index in [4.69, 9.17) is 4.74 Å². The first-order chi connectivity index (χ1) is 7.63. The molecule has 0 N–H and O–H groups in total. The molecular formula is C13H15NO2. The molecule has 0 bridgehead atoms. The lowest BCUT2D eigenvalue weighted by atomic mass is 10.1. The number of aromatic nitrogens is 1. The topological polar surface area (TPSA) is 31.2 Å². The molecule has 0 spiro atoms. The van der Waals surface area contributed by atoms with Gasteiger partial charge in [0.1, 0.15) is 5.75 Å². The van der Waals surface area contributed by atoms with E-state index in [-0.39, 0.29) is 5.78 Å². The third-order valence-corrected chi connectivity index (χ3v) is 2.65. The summed E-state index contributed by atoms with van der Waals surface area (Å²) in [6.07, 6.45) is 1.86. The Kier molecular flexibility index (Phi) is 2.69. The molecule has 0 unspecified atom stereocenters. The van der Waals surface area contributed by atoms with Gasteiger partial charge in [-0.25, -0.2) is 0 Å². The van der Waals surface area contributed by atoms with Crippen molar-refractivity contribution in [1.29, 1.82) is 0 Å². The van der Waals surface area contributed by atoms with Crippen molar-refractivity contribution < 1.29 is 9.53 Å². The molecule has 0 saturated carbocycles. The maximum atomic E-state index is 11.5. The molecule has 0 aliphatic rings. The molecule has 0 fully saturated rings. The highest BCUT2D eigenvalue weighted by Crippen LogP contribution is 2.25. The van der Waals surface area contributed by atoms with Crippen molar-refractivity contribution in [3.05, 3.63) is 30.0 Å². The lowest BCUT2D eigenvalue weighted by molar-refractivity contribution is 0.101. The summed E-state index contributed by atoms with van der Waals surface area (Å²) in [5.41, 5.74) is 1.80. The van der Waals surface area contributed by atoms with Crippen LogP contribution in [0.2, 0.25) is 0 Å². The zero-order valence-electron chi connectivity index (χ0n) is 9.78. The molecular weight excluding hydrogens is 202 g/mol. The van der Waals surface area contributed by atoms with Crippen LogP contribution < -0.4 is 4.74 Å². The quantitative estimate of drug-likeness (QED) is 0.740. The van der Waals surface area contributed by atoms with Gasteiger partial charge in [0.25, 0.3) is 0 Å². The number of carbonyl (C=O) groups excluding carboxylic acids is 1. The average Bonchev–Trinajstić information content (AvgIpc) is 2.57. The Hall–Kier alpha value is -1.77. The zero-order chi connectivity index (χ0) is 11.7. The van der Waals surface area contributed by atoms with Gasteiger partial charge in [-0.2, -0.15) is 0 Å². The first-order valence-corrected chi connectivity index (χ1v) is 5.36. The maximum absolute atomic E-state index is 11.5. The zero-order valence-corrected chi connectivity index (χ0v) is 9.78. The van der Waals surface area contributed by atoms with E-state index in [1.165, 1.54) is 0 Å². The molecule has 0 saturated heterocycles. The van der Waals surface area contributed by atoms with Crippen LogP contribution in [0.4, 0.5) is 0 Å². The van der Waals surface area contributed by atoms with Crippen LogP contribution in [0.15, 0.2) is 24.4 Å². The van der Waals surface area contributed by atoms with Crippen LogP contribution in [0.3, 0.4) is 0 Å². The summed E-state index contributed by atoms with van der Waals surface area (Å²) in [6.45, 7) is 4.16. The minimum absolute atomic E-state index is 0.0826. The number of Topliss-reactive ketones (excluding diaryl/α,β-unsaturated/α-hetero) is 1. The molecule has 3 nitrogen and oxygen atoms in total. The molecule has 0 aliphatic carbocycles. The second kappa shape index (κ2) is 4.00. The monoisotopic (exact) mass is 217 g/mol. The fourth-order valence-corrected chi connectivity index (χ4v) is 1.91. The van der Waals surface area contributed by atoms with E-state index in [1.54, 1.807) is 6.92 Å².